The third-order valence-electron chi connectivity index (χ3n) is 2.29. The van der Waals surface area contributed by atoms with Crippen molar-refractivity contribution in [1.29, 1.82) is 0 Å². The molecule has 0 aliphatic rings. The fraction of sp³-hybridized carbons (Fsp3) is 0.154. The minimum Gasteiger partial charge on any atom is -0.497 e. The van der Waals surface area contributed by atoms with E-state index in [1.165, 1.54) is 11.8 Å². The van der Waals surface area contributed by atoms with Crippen LogP contribution in [0.1, 0.15) is 5.56 Å². The van der Waals surface area contributed by atoms with Crippen LogP contribution < -0.4 is 4.74 Å². The average Bonchev–Trinajstić information content (AvgIpc) is 2.40. The van der Waals surface area contributed by atoms with Crippen molar-refractivity contribution in [3.63, 3.8) is 0 Å². The molecule has 0 saturated carbocycles. The van der Waals surface area contributed by atoms with Gasteiger partial charge in [0, 0.05) is 16.7 Å². The number of pyridine rings is 1. The van der Waals surface area contributed by atoms with Crippen molar-refractivity contribution < 1.29 is 9.84 Å². The second kappa shape index (κ2) is 5.70. The predicted octanol–water partition coefficient (Wildman–Crippen LogP) is 2.73. The first-order chi connectivity index (χ1) is 8.33. The normalized spacial score (nSPS) is 10.2. The van der Waals surface area contributed by atoms with Crippen molar-refractivity contribution >= 4 is 11.8 Å². The van der Waals surface area contributed by atoms with E-state index in [1.807, 2.05) is 36.4 Å². The minimum absolute atomic E-state index is 0.00628. The van der Waals surface area contributed by atoms with Crippen LogP contribution >= 0.6 is 11.8 Å². The third kappa shape index (κ3) is 2.99. The summed E-state index contributed by atoms with van der Waals surface area (Å²) < 4.78 is 5.10. The summed E-state index contributed by atoms with van der Waals surface area (Å²) in [6.07, 6.45) is 1.73. The van der Waals surface area contributed by atoms with Gasteiger partial charge in [0.15, 0.2) is 0 Å². The van der Waals surface area contributed by atoms with Crippen molar-refractivity contribution in [3.8, 4) is 5.75 Å². The van der Waals surface area contributed by atoms with Crippen molar-refractivity contribution in [2.45, 2.75) is 16.5 Å². The molecule has 0 atom stereocenters. The second-order valence-electron chi connectivity index (χ2n) is 3.40. The molecule has 4 heteroatoms. The zero-order valence-electron chi connectivity index (χ0n) is 9.46. The molecule has 1 aromatic heterocycles. The topological polar surface area (TPSA) is 42.4 Å². The van der Waals surface area contributed by atoms with E-state index in [4.69, 9.17) is 4.74 Å². The van der Waals surface area contributed by atoms with Crippen molar-refractivity contribution in [2.75, 3.05) is 7.11 Å². The first-order valence-corrected chi connectivity index (χ1v) is 6.02. The van der Waals surface area contributed by atoms with E-state index in [2.05, 4.69) is 4.98 Å². The molecule has 0 fully saturated rings. The Hall–Kier alpha value is -1.52. The summed E-state index contributed by atoms with van der Waals surface area (Å²) in [5.74, 6) is 0.831. The third-order valence-corrected chi connectivity index (χ3v) is 3.36. The maximum absolute atomic E-state index is 9.21. The van der Waals surface area contributed by atoms with Crippen LogP contribution in [0.3, 0.4) is 0 Å². The summed E-state index contributed by atoms with van der Waals surface area (Å²) in [4.78, 5) is 5.33. The Bertz CT molecular complexity index is 485. The molecule has 1 heterocycles. The number of rotatable bonds is 4. The van der Waals surface area contributed by atoms with E-state index >= 15 is 0 Å². The molecule has 0 amide bonds. The lowest BCUT2D eigenvalue weighted by atomic mass is 10.3. The molecule has 88 valence electrons. The fourth-order valence-electron chi connectivity index (χ4n) is 1.39. The van der Waals surface area contributed by atoms with Gasteiger partial charge >= 0.3 is 0 Å². The number of hydrogen-bond acceptors (Lipinski definition) is 4. The first kappa shape index (κ1) is 12.0. The molecule has 0 spiro atoms. The van der Waals surface area contributed by atoms with E-state index in [9.17, 15) is 5.11 Å². The smallest absolute Gasteiger partial charge is 0.118 e. The lowest BCUT2D eigenvalue weighted by molar-refractivity contribution is 0.278. The highest BCUT2D eigenvalue weighted by molar-refractivity contribution is 7.99. The van der Waals surface area contributed by atoms with Crippen LogP contribution in [0.25, 0.3) is 0 Å². The van der Waals surface area contributed by atoms with Crippen LogP contribution in [-0.4, -0.2) is 17.2 Å². The lowest BCUT2D eigenvalue weighted by Gasteiger charge is -2.06. The maximum atomic E-state index is 9.21. The summed E-state index contributed by atoms with van der Waals surface area (Å²) in [5, 5.41) is 10.0. The first-order valence-electron chi connectivity index (χ1n) is 5.20. The number of aliphatic hydroxyl groups is 1. The summed E-state index contributed by atoms with van der Waals surface area (Å²) in [5.41, 5.74) is 0.841. The Morgan fingerprint density at radius 2 is 2.00 bits per heavy atom. The molecule has 2 aromatic rings. The van der Waals surface area contributed by atoms with E-state index in [0.717, 1.165) is 21.2 Å². The van der Waals surface area contributed by atoms with Gasteiger partial charge in [0.1, 0.15) is 10.8 Å². The molecule has 0 aliphatic carbocycles. The molecule has 0 saturated heterocycles. The van der Waals surface area contributed by atoms with Crippen LogP contribution in [0.15, 0.2) is 52.5 Å². The molecule has 0 radical (unpaired) electrons. The molecule has 17 heavy (non-hydrogen) atoms. The van der Waals surface area contributed by atoms with Crippen molar-refractivity contribution in [2.24, 2.45) is 0 Å². The number of nitrogens with zero attached hydrogens (tertiary/aromatic N) is 1. The van der Waals surface area contributed by atoms with Gasteiger partial charge in [0.2, 0.25) is 0 Å². The van der Waals surface area contributed by atoms with Gasteiger partial charge in [-0.05, 0) is 30.3 Å². The lowest BCUT2D eigenvalue weighted by Crippen LogP contribution is -1.90. The van der Waals surface area contributed by atoms with Gasteiger partial charge in [-0.1, -0.05) is 17.8 Å². The number of ether oxygens (including phenoxy) is 1. The standard InChI is InChI=1S/C13H13NO2S/c1-16-11-4-6-12(7-5-11)17-13-10(9-15)3-2-8-14-13/h2-8,15H,9H2,1H3. The van der Waals surface area contributed by atoms with Crippen LogP contribution in [0, 0.1) is 0 Å². The highest BCUT2D eigenvalue weighted by atomic mass is 32.2. The van der Waals surface area contributed by atoms with Gasteiger partial charge in [-0.2, -0.15) is 0 Å². The molecule has 3 nitrogen and oxygen atoms in total. The van der Waals surface area contributed by atoms with Gasteiger partial charge in [-0.15, -0.1) is 0 Å². The molecule has 2 rings (SSSR count). The summed E-state index contributed by atoms with van der Waals surface area (Å²) in [6, 6.07) is 11.5. The minimum atomic E-state index is 0.00628. The van der Waals surface area contributed by atoms with Crippen molar-refractivity contribution in [1.82, 2.24) is 4.98 Å². The average molecular weight is 247 g/mol. The summed E-state index contributed by atoms with van der Waals surface area (Å²) >= 11 is 1.53. The molecule has 1 aromatic carbocycles. The van der Waals surface area contributed by atoms with E-state index in [-0.39, 0.29) is 6.61 Å². The molecular formula is C13H13NO2S. The van der Waals surface area contributed by atoms with Gasteiger partial charge in [0.25, 0.3) is 0 Å². The SMILES string of the molecule is COc1ccc(Sc2ncccc2CO)cc1. The quantitative estimate of drug-likeness (QED) is 0.902. The number of hydrogen-bond donors (Lipinski definition) is 1. The van der Waals surface area contributed by atoms with Crippen LogP contribution in [0.4, 0.5) is 0 Å². The summed E-state index contributed by atoms with van der Waals surface area (Å²) in [7, 11) is 1.64. The van der Waals surface area contributed by atoms with Crippen LogP contribution in [-0.2, 0) is 6.61 Å². The molecule has 0 bridgehead atoms. The van der Waals surface area contributed by atoms with Crippen LogP contribution in [0.2, 0.25) is 0 Å². The Morgan fingerprint density at radius 1 is 1.24 bits per heavy atom. The van der Waals surface area contributed by atoms with E-state index in [0.29, 0.717) is 0 Å². The second-order valence-corrected chi connectivity index (χ2v) is 4.47. The number of aliphatic hydroxyl groups excluding tert-OH is 1. The Kier molecular flexibility index (Phi) is 4.01. The van der Waals surface area contributed by atoms with Gasteiger partial charge in [-0.25, -0.2) is 4.98 Å². The monoisotopic (exact) mass is 247 g/mol. The predicted molar refractivity (Wildman–Crippen MR) is 67.3 cm³/mol. The Labute approximate surface area is 104 Å². The molecule has 0 unspecified atom stereocenters. The van der Waals surface area contributed by atoms with E-state index < -0.39 is 0 Å². The van der Waals surface area contributed by atoms with Gasteiger partial charge in [0.05, 0.1) is 13.7 Å². The van der Waals surface area contributed by atoms with Crippen LogP contribution in [0.5, 0.6) is 5.75 Å². The Morgan fingerprint density at radius 3 is 2.65 bits per heavy atom. The maximum Gasteiger partial charge on any atom is 0.118 e. The largest absolute Gasteiger partial charge is 0.497 e. The molecular weight excluding hydrogens is 234 g/mol. The fourth-order valence-corrected chi connectivity index (χ4v) is 2.26. The molecule has 1 N–H and O–H groups in total. The zero-order chi connectivity index (χ0) is 12.1. The van der Waals surface area contributed by atoms with Gasteiger partial charge in [-0.3, -0.25) is 0 Å². The number of methoxy groups -OCH3 is 1. The highest BCUT2D eigenvalue weighted by Gasteiger charge is 2.04. The molecule has 0 aliphatic heterocycles. The zero-order valence-corrected chi connectivity index (χ0v) is 10.3. The van der Waals surface area contributed by atoms with Crippen molar-refractivity contribution in [3.05, 3.63) is 48.2 Å². The number of aromatic nitrogens is 1. The Balaban J connectivity index is 2.19. The summed E-state index contributed by atoms with van der Waals surface area (Å²) in [6.45, 7) is 0.00628. The highest BCUT2D eigenvalue weighted by Crippen LogP contribution is 2.29. The number of benzene rings is 1. The van der Waals surface area contributed by atoms with E-state index in [1.54, 1.807) is 13.3 Å². The van der Waals surface area contributed by atoms with Gasteiger partial charge < -0.3 is 9.84 Å².